The van der Waals surface area contributed by atoms with E-state index < -0.39 is 0 Å². The van der Waals surface area contributed by atoms with Crippen molar-refractivity contribution in [3.8, 4) is 0 Å². The van der Waals surface area contributed by atoms with Crippen molar-refractivity contribution in [2.45, 2.75) is 0 Å². The molecule has 3 aromatic carbocycles. The number of halogens is 2. The van der Waals surface area contributed by atoms with Crippen LogP contribution in [0.25, 0.3) is 12.2 Å². The Hall–Kier alpha value is -2.94. The maximum absolute atomic E-state index is 12.1. The van der Waals surface area contributed by atoms with Crippen LogP contribution in [0.3, 0.4) is 0 Å². The van der Waals surface area contributed by atoms with Crippen molar-refractivity contribution in [2.75, 3.05) is 0 Å². The largest absolute Gasteiger partial charge is 0.289 e. The summed E-state index contributed by atoms with van der Waals surface area (Å²) >= 11 is 11.7. The Bertz CT molecular complexity index is 943. The monoisotopic (exact) mass is 406 g/mol. The molecule has 0 aromatic heterocycles. The molecule has 0 aliphatic carbocycles. The van der Waals surface area contributed by atoms with Crippen LogP contribution in [0.4, 0.5) is 0 Å². The maximum Gasteiger partial charge on any atom is 0.185 e. The van der Waals surface area contributed by atoms with Crippen LogP contribution in [0, 0.1) is 0 Å². The molecule has 0 bridgehead atoms. The van der Waals surface area contributed by atoms with Gasteiger partial charge in [0.05, 0.1) is 0 Å². The summed E-state index contributed by atoms with van der Waals surface area (Å²) in [6, 6.07) is 21.1. The summed E-state index contributed by atoms with van der Waals surface area (Å²) in [7, 11) is 0. The molecule has 0 heterocycles. The van der Waals surface area contributed by atoms with Crippen LogP contribution < -0.4 is 0 Å². The van der Waals surface area contributed by atoms with E-state index in [0.29, 0.717) is 21.2 Å². The second-order valence-corrected chi connectivity index (χ2v) is 6.95. The summed E-state index contributed by atoms with van der Waals surface area (Å²) in [5, 5.41) is 1.19. The Kier molecular flexibility index (Phi) is 6.59. The number of carbonyl (C=O) groups is 2. The third kappa shape index (κ3) is 5.53. The molecule has 0 radical (unpaired) electrons. The highest BCUT2D eigenvalue weighted by atomic mass is 35.5. The smallest absolute Gasteiger partial charge is 0.185 e. The van der Waals surface area contributed by atoms with Crippen molar-refractivity contribution in [1.82, 2.24) is 0 Å². The molecule has 0 spiro atoms. The van der Waals surface area contributed by atoms with Gasteiger partial charge in [0.15, 0.2) is 11.6 Å². The lowest BCUT2D eigenvalue weighted by atomic mass is 10.1. The molecule has 2 nitrogen and oxygen atoms in total. The second kappa shape index (κ2) is 9.32. The molecule has 0 aliphatic rings. The molecule has 3 rings (SSSR count). The van der Waals surface area contributed by atoms with Crippen molar-refractivity contribution >= 4 is 46.9 Å². The average molecular weight is 407 g/mol. The Balaban J connectivity index is 1.62. The van der Waals surface area contributed by atoms with Crippen LogP contribution >= 0.6 is 23.2 Å². The minimum atomic E-state index is -0.0887. The van der Waals surface area contributed by atoms with Crippen molar-refractivity contribution < 1.29 is 9.59 Å². The van der Waals surface area contributed by atoms with Gasteiger partial charge >= 0.3 is 0 Å². The molecule has 0 fully saturated rings. The van der Waals surface area contributed by atoms with Crippen molar-refractivity contribution in [3.05, 3.63) is 117 Å². The standard InChI is InChI=1S/C24H16Cl2O2/c25-21-11-7-19(8-12-21)23(27)15-5-17-1-2-18(4-3-17)6-16-24(28)20-9-13-22(26)14-10-20/h1-16H. The highest BCUT2D eigenvalue weighted by molar-refractivity contribution is 6.31. The predicted molar refractivity (Wildman–Crippen MR) is 116 cm³/mol. The van der Waals surface area contributed by atoms with Crippen LogP contribution in [0.1, 0.15) is 31.8 Å². The molecular weight excluding hydrogens is 391 g/mol. The summed E-state index contributed by atoms with van der Waals surface area (Å²) in [6.45, 7) is 0. The van der Waals surface area contributed by atoms with E-state index in [-0.39, 0.29) is 11.6 Å². The SMILES string of the molecule is O=C(C=Cc1ccc(C=CC(=O)c2ccc(Cl)cc2)cc1)c1ccc(Cl)cc1. The molecule has 138 valence electrons. The fourth-order valence-corrected chi connectivity index (χ4v) is 2.73. The molecule has 28 heavy (non-hydrogen) atoms. The Morgan fingerprint density at radius 2 is 0.857 bits per heavy atom. The van der Waals surface area contributed by atoms with Gasteiger partial charge < -0.3 is 0 Å². The molecule has 0 atom stereocenters. The number of carbonyl (C=O) groups excluding carboxylic acids is 2. The summed E-state index contributed by atoms with van der Waals surface area (Å²) in [5.74, 6) is -0.177. The van der Waals surface area contributed by atoms with Crippen LogP contribution in [0.15, 0.2) is 84.9 Å². The average Bonchev–Trinajstić information content (AvgIpc) is 2.72. The molecule has 0 saturated heterocycles. The van der Waals surface area contributed by atoms with Gasteiger partial charge in [-0.1, -0.05) is 59.6 Å². The zero-order valence-corrected chi connectivity index (χ0v) is 16.3. The fraction of sp³-hybridized carbons (Fsp3) is 0. The van der Waals surface area contributed by atoms with Gasteiger partial charge in [-0.2, -0.15) is 0 Å². The highest BCUT2D eigenvalue weighted by Gasteiger charge is 2.02. The van der Waals surface area contributed by atoms with Crippen molar-refractivity contribution in [3.63, 3.8) is 0 Å². The van der Waals surface area contributed by atoms with Crippen LogP contribution in [0.5, 0.6) is 0 Å². The Morgan fingerprint density at radius 3 is 1.18 bits per heavy atom. The van der Waals surface area contributed by atoms with Crippen molar-refractivity contribution in [1.29, 1.82) is 0 Å². The highest BCUT2D eigenvalue weighted by Crippen LogP contribution is 2.14. The maximum atomic E-state index is 12.1. The quantitative estimate of drug-likeness (QED) is 0.333. The van der Waals surface area contributed by atoms with Gasteiger partial charge in [-0.05, 0) is 71.8 Å². The lowest BCUT2D eigenvalue weighted by Gasteiger charge is -1.98. The summed E-state index contributed by atoms with van der Waals surface area (Å²) < 4.78 is 0. The lowest BCUT2D eigenvalue weighted by Crippen LogP contribution is -1.93. The summed E-state index contributed by atoms with van der Waals surface area (Å²) in [4.78, 5) is 24.3. The van der Waals surface area contributed by atoms with Gasteiger partial charge in [0.1, 0.15) is 0 Å². The second-order valence-electron chi connectivity index (χ2n) is 6.08. The number of benzene rings is 3. The number of rotatable bonds is 6. The zero-order chi connectivity index (χ0) is 19.9. The molecule has 3 aromatic rings. The minimum Gasteiger partial charge on any atom is -0.289 e. The van der Waals surface area contributed by atoms with E-state index >= 15 is 0 Å². The first-order valence-electron chi connectivity index (χ1n) is 8.57. The molecule has 0 amide bonds. The molecule has 0 unspecified atom stereocenters. The minimum absolute atomic E-state index is 0.0887. The van der Waals surface area contributed by atoms with Gasteiger partial charge in [0.2, 0.25) is 0 Å². The van der Waals surface area contributed by atoms with Crippen LogP contribution in [-0.2, 0) is 0 Å². The first kappa shape index (κ1) is 19.8. The predicted octanol–water partition coefficient (Wildman–Crippen LogP) is 6.79. The number of ketones is 2. The third-order valence-electron chi connectivity index (χ3n) is 4.05. The Labute approximate surface area is 173 Å². The molecular formula is C24H16Cl2O2. The Morgan fingerprint density at radius 1 is 0.536 bits per heavy atom. The van der Waals surface area contributed by atoms with Gasteiger partial charge in [0, 0.05) is 21.2 Å². The topological polar surface area (TPSA) is 34.1 Å². The molecule has 0 aliphatic heterocycles. The first-order chi connectivity index (χ1) is 13.5. The van der Waals surface area contributed by atoms with E-state index in [1.807, 2.05) is 24.3 Å². The van der Waals surface area contributed by atoms with E-state index in [4.69, 9.17) is 23.2 Å². The fourth-order valence-electron chi connectivity index (χ4n) is 2.48. The van der Waals surface area contributed by atoms with Gasteiger partial charge in [-0.3, -0.25) is 9.59 Å². The van der Waals surface area contributed by atoms with E-state index in [1.54, 1.807) is 60.7 Å². The zero-order valence-electron chi connectivity index (χ0n) is 14.8. The lowest BCUT2D eigenvalue weighted by molar-refractivity contribution is 0.103. The third-order valence-corrected chi connectivity index (χ3v) is 4.55. The molecule has 0 N–H and O–H groups in total. The molecule has 4 heteroatoms. The van der Waals surface area contributed by atoms with E-state index in [9.17, 15) is 9.59 Å². The van der Waals surface area contributed by atoms with E-state index in [2.05, 4.69) is 0 Å². The molecule has 0 saturated carbocycles. The van der Waals surface area contributed by atoms with E-state index in [1.165, 1.54) is 12.2 Å². The van der Waals surface area contributed by atoms with Crippen LogP contribution in [0.2, 0.25) is 10.0 Å². The first-order valence-corrected chi connectivity index (χ1v) is 9.33. The van der Waals surface area contributed by atoms with Gasteiger partial charge in [0.25, 0.3) is 0 Å². The normalized spacial score (nSPS) is 11.2. The summed E-state index contributed by atoms with van der Waals surface area (Å²) in [5.41, 5.74) is 2.95. The summed E-state index contributed by atoms with van der Waals surface area (Å²) in [6.07, 6.45) is 6.56. The van der Waals surface area contributed by atoms with Gasteiger partial charge in [-0.25, -0.2) is 0 Å². The van der Waals surface area contributed by atoms with Crippen molar-refractivity contribution in [2.24, 2.45) is 0 Å². The van der Waals surface area contributed by atoms with E-state index in [0.717, 1.165) is 11.1 Å². The number of allylic oxidation sites excluding steroid dienone is 2. The van der Waals surface area contributed by atoms with Gasteiger partial charge in [-0.15, -0.1) is 0 Å². The van der Waals surface area contributed by atoms with Crippen LogP contribution in [-0.4, -0.2) is 11.6 Å². The number of hydrogen-bond donors (Lipinski definition) is 0. The number of hydrogen-bond acceptors (Lipinski definition) is 2.